The van der Waals surface area contributed by atoms with Gasteiger partial charge in [-0.2, -0.15) is 0 Å². The lowest BCUT2D eigenvalue weighted by molar-refractivity contribution is -0.139. The van der Waals surface area contributed by atoms with Crippen LogP contribution in [0.5, 0.6) is 0 Å². The Labute approximate surface area is 137 Å². The maximum Gasteiger partial charge on any atom is 0.331 e. The molecule has 1 heterocycles. The molecular formula is C20H22O3. The Kier molecular flexibility index (Phi) is 5.09. The van der Waals surface area contributed by atoms with E-state index in [1.165, 1.54) is 0 Å². The molecule has 0 radical (unpaired) electrons. The molecule has 1 aromatic carbocycles. The minimum Gasteiger partial charge on any atom is -0.458 e. The number of esters is 1. The first kappa shape index (κ1) is 15.8. The molecule has 1 aromatic rings. The van der Waals surface area contributed by atoms with E-state index in [4.69, 9.17) is 9.47 Å². The van der Waals surface area contributed by atoms with E-state index in [2.05, 4.69) is 18.7 Å². The van der Waals surface area contributed by atoms with E-state index in [9.17, 15) is 4.79 Å². The molecule has 2 atom stereocenters. The zero-order chi connectivity index (χ0) is 16.1. The van der Waals surface area contributed by atoms with Crippen LogP contribution in [-0.4, -0.2) is 19.2 Å². The first-order chi connectivity index (χ1) is 11.2. The molecule has 0 spiro atoms. The third-order valence-corrected chi connectivity index (χ3v) is 4.46. The van der Waals surface area contributed by atoms with E-state index in [1.807, 2.05) is 30.3 Å². The standard InChI is InChI=1S/C20H22O3/c1-15-17(9-5-6-10-18-13-22-14-19(15)18)11-20(21)23-12-16-7-3-2-4-8-16/h2-4,6-8,10-11,18-19H,1,5,9,12-14H2/b10-6-,17-11+/t18-,19-/m1/s1. The van der Waals surface area contributed by atoms with Gasteiger partial charge in [-0.1, -0.05) is 49.1 Å². The third-order valence-electron chi connectivity index (χ3n) is 4.46. The van der Waals surface area contributed by atoms with Gasteiger partial charge in [-0.15, -0.1) is 0 Å². The third kappa shape index (κ3) is 3.99. The van der Waals surface area contributed by atoms with Crippen LogP contribution in [-0.2, 0) is 20.9 Å². The van der Waals surface area contributed by atoms with Crippen molar-refractivity contribution >= 4 is 5.97 Å². The Morgan fingerprint density at radius 3 is 2.96 bits per heavy atom. The topological polar surface area (TPSA) is 35.5 Å². The van der Waals surface area contributed by atoms with Crippen LogP contribution >= 0.6 is 0 Å². The quantitative estimate of drug-likeness (QED) is 0.483. The summed E-state index contributed by atoms with van der Waals surface area (Å²) in [6.45, 7) is 5.94. The first-order valence-electron chi connectivity index (χ1n) is 8.09. The number of fused-ring (bicyclic) bond motifs is 1. The Balaban J connectivity index is 1.66. The van der Waals surface area contributed by atoms with Crippen LogP contribution in [0.3, 0.4) is 0 Å². The molecular weight excluding hydrogens is 288 g/mol. The normalized spacial score (nSPS) is 27.1. The molecule has 2 aliphatic rings. The molecule has 0 bridgehead atoms. The van der Waals surface area contributed by atoms with Crippen molar-refractivity contribution in [3.8, 4) is 0 Å². The van der Waals surface area contributed by atoms with Crippen LogP contribution in [0.4, 0.5) is 0 Å². The number of allylic oxidation sites excluding steroid dienone is 2. The predicted molar refractivity (Wildman–Crippen MR) is 89.6 cm³/mol. The minimum atomic E-state index is -0.301. The molecule has 3 heteroatoms. The second kappa shape index (κ2) is 7.42. The summed E-state index contributed by atoms with van der Waals surface area (Å²) in [7, 11) is 0. The summed E-state index contributed by atoms with van der Waals surface area (Å²) in [6.07, 6.45) is 7.76. The van der Waals surface area contributed by atoms with E-state index in [0.29, 0.717) is 19.1 Å². The van der Waals surface area contributed by atoms with Gasteiger partial charge in [0.05, 0.1) is 13.2 Å². The largest absolute Gasteiger partial charge is 0.458 e. The Morgan fingerprint density at radius 1 is 1.30 bits per heavy atom. The number of carbonyl (C=O) groups is 1. The van der Waals surface area contributed by atoms with E-state index in [1.54, 1.807) is 6.08 Å². The van der Waals surface area contributed by atoms with Crippen molar-refractivity contribution in [2.45, 2.75) is 19.4 Å². The summed E-state index contributed by atoms with van der Waals surface area (Å²) >= 11 is 0. The van der Waals surface area contributed by atoms with Crippen molar-refractivity contribution in [3.05, 3.63) is 71.8 Å². The van der Waals surface area contributed by atoms with Gasteiger partial charge in [-0.25, -0.2) is 4.79 Å². The molecule has 0 saturated carbocycles. The molecule has 0 amide bonds. The number of hydrogen-bond acceptors (Lipinski definition) is 3. The SMILES string of the molecule is C=C1/C(=C/C(=O)OCc2ccccc2)CC/C=C\[C@@H]2COC[C@H]12. The van der Waals surface area contributed by atoms with Gasteiger partial charge in [0.1, 0.15) is 6.61 Å². The van der Waals surface area contributed by atoms with Gasteiger partial charge < -0.3 is 9.47 Å². The number of ether oxygens (including phenoxy) is 2. The maximum atomic E-state index is 12.1. The monoisotopic (exact) mass is 310 g/mol. The van der Waals surface area contributed by atoms with Crippen molar-refractivity contribution in [2.24, 2.45) is 11.8 Å². The molecule has 1 saturated heterocycles. The highest BCUT2D eigenvalue weighted by molar-refractivity contribution is 5.83. The van der Waals surface area contributed by atoms with Gasteiger partial charge in [-0.05, 0) is 29.6 Å². The molecule has 1 aliphatic heterocycles. The second-order valence-electron chi connectivity index (χ2n) is 6.06. The Hall–Kier alpha value is -2.13. The summed E-state index contributed by atoms with van der Waals surface area (Å²) in [5.74, 6) is 0.358. The molecule has 120 valence electrons. The predicted octanol–water partition coefficient (Wildman–Crippen LogP) is 3.83. The first-order valence-corrected chi connectivity index (χ1v) is 8.09. The summed E-state index contributed by atoms with van der Waals surface area (Å²) in [5, 5.41) is 0. The lowest BCUT2D eigenvalue weighted by atomic mass is 9.82. The van der Waals surface area contributed by atoms with Gasteiger partial charge in [0.2, 0.25) is 0 Å². The van der Waals surface area contributed by atoms with Crippen LogP contribution < -0.4 is 0 Å². The number of benzene rings is 1. The van der Waals surface area contributed by atoms with Crippen molar-refractivity contribution in [3.63, 3.8) is 0 Å². The summed E-state index contributed by atoms with van der Waals surface area (Å²) in [4.78, 5) is 12.1. The van der Waals surface area contributed by atoms with Crippen LogP contribution in [0.15, 0.2) is 66.3 Å². The van der Waals surface area contributed by atoms with E-state index >= 15 is 0 Å². The molecule has 0 N–H and O–H groups in total. The number of hydrogen-bond donors (Lipinski definition) is 0. The fourth-order valence-corrected chi connectivity index (χ4v) is 3.11. The zero-order valence-electron chi connectivity index (χ0n) is 13.2. The molecule has 0 unspecified atom stereocenters. The van der Waals surface area contributed by atoms with Crippen molar-refractivity contribution in [2.75, 3.05) is 13.2 Å². The fraction of sp³-hybridized carbons (Fsp3) is 0.350. The van der Waals surface area contributed by atoms with E-state index in [-0.39, 0.29) is 11.9 Å². The van der Waals surface area contributed by atoms with Gasteiger partial charge in [0.25, 0.3) is 0 Å². The smallest absolute Gasteiger partial charge is 0.331 e. The van der Waals surface area contributed by atoms with E-state index in [0.717, 1.165) is 36.2 Å². The average molecular weight is 310 g/mol. The zero-order valence-corrected chi connectivity index (χ0v) is 13.2. The van der Waals surface area contributed by atoms with Gasteiger partial charge in [0, 0.05) is 17.9 Å². The highest BCUT2D eigenvalue weighted by atomic mass is 16.5. The molecule has 23 heavy (non-hydrogen) atoms. The van der Waals surface area contributed by atoms with Crippen molar-refractivity contribution in [1.82, 2.24) is 0 Å². The minimum absolute atomic E-state index is 0.278. The maximum absolute atomic E-state index is 12.1. The van der Waals surface area contributed by atoms with E-state index < -0.39 is 0 Å². The lowest BCUT2D eigenvalue weighted by Crippen LogP contribution is -2.16. The van der Waals surface area contributed by atoms with Gasteiger partial charge in [0.15, 0.2) is 0 Å². The highest BCUT2D eigenvalue weighted by Gasteiger charge is 2.30. The van der Waals surface area contributed by atoms with Crippen LogP contribution in [0.25, 0.3) is 0 Å². The summed E-state index contributed by atoms with van der Waals surface area (Å²) < 4.78 is 10.9. The molecule has 0 aromatic heterocycles. The molecule has 3 rings (SSSR count). The molecule has 3 nitrogen and oxygen atoms in total. The fourth-order valence-electron chi connectivity index (χ4n) is 3.11. The Morgan fingerprint density at radius 2 is 2.13 bits per heavy atom. The number of carbonyl (C=O) groups excluding carboxylic acids is 1. The molecule has 1 aliphatic carbocycles. The number of rotatable bonds is 3. The van der Waals surface area contributed by atoms with Crippen molar-refractivity contribution < 1.29 is 14.3 Å². The lowest BCUT2D eigenvalue weighted by Gasteiger charge is -2.22. The summed E-state index contributed by atoms with van der Waals surface area (Å²) in [6, 6.07) is 9.70. The van der Waals surface area contributed by atoms with Crippen LogP contribution in [0, 0.1) is 11.8 Å². The van der Waals surface area contributed by atoms with Gasteiger partial charge >= 0.3 is 5.97 Å². The van der Waals surface area contributed by atoms with Crippen LogP contribution in [0.2, 0.25) is 0 Å². The van der Waals surface area contributed by atoms with Crippen LogP contribution in [0.1, 0.15) is 18.4 Å². The average Bonchev–Trinajstić information content (AvgIpc) is 3.03. The second-order valence-corrected chi connectivity index (χ2v) is 6.06. The van der Waals surface area contributed by atoms with Crippen molar-refractivity contribution in [1.29, 1.82) is 0 Å². The highest BCUT2D eigenvalue weighted by Crippen LogP contribution is 2.35. The van der Waals surface area contributed by atoms with Gasteiger partial charge in [-0.3, -0.25) is 0 Å². The Bertz CT molecular complexity index is 628. The summed E-state index contributed by atoms with van der Waals surface area (Å²) in [5.41, 5.74) is 3.00. The molecule has 1 fully saturated rings.